The van der Waals surface area contributed by atoms with Gasteiger partial charge in [-0.3, -0.25) is 4.98 Å². The minimum atomic E-state index is -0.773. The maximum absolute atomic E-state index is 13.6. The van der Waals surface area contributed by atoms with E-state index in [1.54, 1.807) is 18.2 Å². The van der Waals surface area contributed by atoms with Crippen LogP contribution < -0.4 is 0 Å². The van der Waals surface area contributed by atoms with Crippen LogP contribution in [0.4, 0.5) is 14.5 Å². The average molecular weight is 216 g/mol. The lowest BCUT2D eigenvalue weighted by Crippen LogP contribution is -1.89. The molecular weight excluding hydrogens is 210 g/mol. The first-order chi connectivity index (χ1) is 7.72. The Bertz CT molecular complexity index is 559. The molecule has 0 atom stereocenters. The van der Waals surface area contributed by atoms with Gasteiger partial charge in [-0.1, -0.05) is 6.07 Å². The summed E-state index contributed by atoms with van der Waals surface area (Å²) in [6, 6.07) is 6.69. The first kappa shape index (κ1) is 10.2. The molecule has 2 nitrogen and oxygen atoms in total. The van der Waals surface area contributed by atoms with Gasteiger partial charge in [0.15, 0.2) is 0 Å². The molecule has 0 spiro atoms. The fourth-order valence-corrected chi connectivity index (χ4v) is 1.41. The predicted octanol–water partition coefficient (Wildman–Crippen LogP) is 3.58. The molecule has 0 unspecified atom stereocenters. The molecule has 1 heterocycles. The summed E-state index contributed by atoms with van der Waals surface area (Å²) in [5.74, 6) is -1.53. The standard InChI is InChI=1S/C12H6F2N2/c1-15-11-7-8(13)6-9(14)12(11)10-4-2-3-5-16-10/h2-7H. The van der Waals surface area contributed by atoms with Gasteiger partial charge in [0.25, 0.3) is 0 Å². The van der Waals surface area contributed by atoms with E-state index in [1.165, 1.54) is 6.20 Å². The summed E-state index contributed by atoms with van der Waals surface area (Å²) in [5, 5.41) is 0. The van der Waals surface area contributed by atoms with E-state index in [1.807, 2.05) is 0 Å². The molecule has 0 radical (unpaired) electrons. The number of hydrogen-bond acceptors (Lipinski definition) is 1. The van der Waals surface area contributed by atoms with Gasteiger partial charge in [-0.05, 0) is 18.2 Å². The Balaban J connectivity index is 2.71. The smallest absolute Gasteiger partial charge is 0.202 e. The van der Waals surface area contributed by atoms with Crippen molar-refractivity contribution in [3.63, 3.8) is 0 Å². The van der Waals surface area contributed by atoms with E-state index in [0.29, 0.717) is 5.69 Å². The normalized spacial score (nSPS) is 9.81. The van der Waals surface area contributed by atoms with Crippen molar-refractivity contribution < 1.29 is 8.78 Å². The molecule has 0 N–H and O–H groups in total. The monoisotopic (exact) mass is 216 g/mol. The summed E-state index contributed by atoms with van der Waals surface area (Å²) >= 11 is 0. The molecule has 1 aromatic heterocycles. The fraction of sp³-hybridized carbons (Fsp3) is 0. The van der Waals surface area contributed by atoms with Crippen LogP contribution >= 0.6 is 0 Å². The van der Waals surface area contributed by atoms with Gasteiger partial charge in [0.1, 0.15) is 11.6 Å². The summed E-state index contributed by atoms with van der Waals surface area (Å²) in [5.41, 5.74) is 0.291. The topological polar surface area (TPSA) is 17.2 Å². The minimum Gasteiger partial charge on any atom is -0.258 e. The summed E-state index contributed by atoms with van der Waals surface area (Å²) in [4.78, 5) is 7.04. The lowest BCUT2D eigenvalue weighted by molar-refractivity contribution is 0.586. The molecular formula is C12H6F2N2. The van der Waals surface area contributed by atoms with E-state index >= 15 is 0 Å². The molecule has 0 saturated heterocycles. The second-order valence-corrected chi connectivity index (χ2v) is 3.11. The summed E-state index contributed by atoms with van der Waals surface area (Å²) < 4.78 is 26.5. The van der Waals surface area contributed by atoms with Crippen molar-refractivity contribution in [3.05, 3.63) is 59.6 Å². The van der Waals surface area contributed by atoms with Gasteiger partial charge in [-0.2, -0.15) is 0 Å². The lowest BCUT2D eigenvalue weighted by atomic mass is 10.1. The highest BCUT2D eigenvalue weighted by molar-refractivity contribution is 5.76. The molecule has 0 aliphatic rings. The molecule has 16 heavy (non-hydrogen) atoms. The molecule has 0 amide bonds. The van der Waals surface area contributed by atoms with Crippen molar-refractivity contribution in [3.8, 4) is 11.3 Å². The second-order valence-electron chi connectivity index (χ2n) is 3.11. The molecule has 0 bridgehead atoms. The largest absolute Gasteiger partial charge is 0.258 e. The quantitative estimate of drug-likeness (QED) is 0.666. The van der Waals surface area contributed by atoms with Crippen molar-refractivity contribution in [2.75, 3.05) is 0 Å². The molecule has 0 saturated carbocycles. The molecule has 4 heteroatoms. The molecule has 1 aromatic carbocycles. The molecule has 0 fully saturated rings. The van der Waals surface area contributed by atoms with Crippen molar-refractivity contribution >= 4 is 5.69 Å². The van der Waals surface area contributed by atoms with E-state index in [-0.39, 0.29) is 11.3 Å². The zero-order chi connectivity index (χ0) is 11.5. The van der Waals surface area contributed by atoms with Crippen molar-refractivity contribution in [1.29, 1.82) is 0 Å². The first-order valence-electron chi connectivity index (χ1n) is 4.50. The Morgan fingerprint density at radius 1 is 1.19 bits per heavy atom. The maximum Gasteiger partial charge on any atom is 0.202 e. The van der Waals surface area contributed by atoms with Crippen LogP contribution in [0.1, 0.15) is 0 Å². The van der Waals surface area contributed by atoms with Crippen LogP contribution in [0.5, 0.6) is 0 Å². The van der Waals surface area contributed by atoms with Crippen molar-refractivity contribution in [2.24, 2.45) is 0 Å². The second kappa shape index (κ2) is 4.07. The molecule has 0 aliphatic heterocycles. The van der Waals surface area contributed by atoms with Gasteiger partial charge in [-0.15, -0.1) is 0 Å². The van der Waals surface area contributed by atoms with Crippen LogP contribution in [0.25, 0.3) is 16.1 Å². The highest BCUT2D eigenvalue weighted by Gasteiger charge is 2.13. The van der Waals surface area contributed by atoms with E-state index in [4.69, 9.17) is 6.57 Å². The zero-order valence-electron chi connectivity index (χ0n) is 8.11. The molecule has 2 rings (SSSR count). The lowest BCUT2D eigenvalue weighted by Gasteiger charge is -2.05. The molecule has 78 valence electrons. The van der Waals surface area contributed by atoms with Gasteiger partial charge in [0, 0.05) is 17.8 Å². The van der Waals surface area contributed by atoms with Crippen LogP contribution in [-0.4, -0.2) is 4.98 Å². The first-order valence-corrected chi connectivity index (χ1v) is 4.50. The van der Waals surface area contributed by atoms with Crippen LogP contribution in [0.3, 0.4) is 0 Å². The van der Waals surface area contributed by atoms with Crippen LogP contribution in [0, 0.1) is 18.2 Å². The van der Waals surface area contributed by atoms with Crippen LogP contribution in [-0.2, 0) is 0 Å². The number of benzene rings is 1. The summed E-state index contributed by atoms with van der Waals surface area (Å²) in [7, 11) is 0. The van der Waals surface area contributed by atoms with Crippen molar-refractivity contribution in [1.82, 2.24) is 4.98 Å². The molecule has 0 aliphatic carbocycles. The maximum atomic E-state index is 13.6. The van der Waals surface area contributed by atoms with Crippen LogP contribution in [0.15, 0.2) is 36.5 Å². The number of rotatable bonds is 1. The highest BCUT2D eigenvalue weighted by atomic mass is 19.1. The Hall–Kier alpha value is -2.28. The van der Waals surface area contributed by atoms with Gasteiger partial charge in [0.05, 0.1) is 12.3 Å². The zero-order valence-corrected chi connectivity index (χ0v) is 8.11. The Morgan fingerprint density at radius 2 is 2.00 bits per heavy atom. The number of aromatic nitrogens is 1. The van der Waals surface area contributed by atoms with Gasteiger partial charge in [0.2, 0.25) is 5.69 Å². The van der Waals surface area contributed by atoms with E-state index in [0.717, 1.165) is 12.1 Å². The van der Waals surface area contributed by atoms with Gasteiger partial charge in [-0.25, -0.2) is 13.6 Å². The van der Waals surface area contributed by atoms with Gasteiger partial charge < -0.3 is 0 Å². The predicted molar refractivity (Wildman–Crippen MR) is 55.9 cm³/mol. The fourth-order valence-electron chi connectivity index (χ4n) is 1.41. The number of nitrogens with zero attached hydrogens (tertiary/aromatic N) is 2. The Morgan fingerprint density at radius 3 is 2.62 bits per heavy atom. The van der Waals surface area contributed by atoms with Gasteiger partial charge >= 0.3 is 0 Å². The van der Waals surface area contributed by atoms with E-state index < -0.39 is 11.6 Å². The minimum absolute atomic E-state index is 0.0389. The van der Waals surface area contributed by atoms with E-state index in [9.17, 15) is 8.78 Å². The van der Waals surface area contributed by atoms with Crippen LogP contribution in [0.2, 0.25) is 0 Å². The highest BCUT2D eigenvalue weighted by Crippen LogP contribution is 2.32. The number of pyridine rings is 1. The third-order valence-corrected chi connectivity index (χ3v) is 2.08. The SMILES string of the molecule is [C-]#[N+]c1cc(F)cc(F)c1-c1ccccn1. The van der Waals surface area contributed by atoms with E-state index in [2.05, 4.69) is 9.83 Å². The average Bonchev–Trinajstić information content (AvgIpc) is 2.29. The number of halogens is 2. The Kier molecular flexibility index (Phi) is 2.61. The van der Waals surface area contributed by atoms with Crippen molar-refractivity contribution in [2.45, 2.75) is 0 Å². The third-order valence-electron chi connectivity index (χ3n) is 2.08. The molecule has 2 aromatic rings. The summed E-state index contributed by atoms with van der Waals surface area (Å²) in [6.07, 6.45) is 1.49. The summed E-state index contributed by atoms with van der Waals surface area (Å²) in [6.45, 7) is 6.89. The third kappa shape index (κ3) is 1.75. The Labute approximate surface area is 91.0 Å². The number of hydrogen-bond donors (Lipinski definition) is 0.